The molecule has 0 bridgehead atoms. The van der Waals surface area contributed by atoms with Crippen molar-refractivity contribution in [1.29, 1.82) is 0 Å². The first kappa shape index (κ1) is 17.4. The second kappa shape index (κ2) is 7.25. The number of hydrogen-bond donors (Lipinski definition) is 1. The minimum Gasteiger partial charge on any atom is -0.253 e. The second-order valence-corrected chi connectivity index (χ2v) is 6.29. The summed E-state index contributed by atoms with van der Waals surface area (Å²) in [6.07, 6.45) is -3.29. The Bertz CT molecular complexity index is 889. The molecule has 128 valence electrons. The Kier molecular flexibility index (Phi) is 5.06. The van der Waals surface area contributed by atoms with E-state index in [1.807, 2.05) is 17.5 Å². The number of rotatable bonds is 4. The SMILES string of the molecule is FC(F)(F)c1ccccc1/C=N/Nc1nc(-c2ccc(Cl)cc2)cs1. The van der Waals surface area contributed by atoms with Gasteiger partial charge < -0.3 is 0 Å². The lowest BCUT2D eigenvalue weighted by atomic mass is 10.1. The maximum absolute atomic E-state index is 12.9. The molecule has 0 aliphatic carbocycles. The largest absolute Gasteiger partial charge is 0.417 e. The van der Waals surface area contributed by atoms with Crippen LogP contribution in [0.2, 0.25) is 5.02 Å². The number of nitrogens with zero attached hydrogens (tertiary/aromatic N) is 2. The third-order valence-corrected chi connectivity index (χ3v) is 4.27. The Hall–Kier alpha value is -2.38. The minimum absolute atomic E-state index is 0.0167. The third kappa shape index (κ3) is 4.37. The Morgan fingerprint density at radius 1 is 1.08 bits per heavy atom. The van der Waals surface area contributed by atoms with Crippen molar-refractivity contribution in [2.75, 3.05) is 5.43 Å². The van der Waals surface area contributed by atoms with E-state index in [9.17, 15) is 13.2 Å². The predicted octanol–water partition coefficient (Wildman–Crippen LogP) is 5.93. The van der Waals surface area contributed by atoms with Crippen molar-refractivity contribution in [3.63, 3.8) is 0 Å². The predicted molar refractivity (Wildman–Crippen MR) is 95.2 cm³/mol. The normalized spacial score (nSPS) is 11.8. The Morgan fingerprint density at radius 2 is 1.80 bits per heavy atom. The van der Waals surface area contributed by atoms with Crippen LogP contribution in [0.25, 0.3) is 11.3 Å². The van der Waals surface area contributed by atoms with E-state index in [1.165, 1.54) is 29.5 Å². The molecule has 2 aromatic carbocycles. The molecular weight excluding hydrogens is 371 g/mol. The maximum Gasteiger partial charge on any atom is 0.417 e. The van der Waals surface area contributed by atoms with Gasteiger partial charge in [0.2, 0.25) is 5.13 Å². The van der Waals surface area contributed by atoms with Gasteiger partial charge in [-0.1, -0.05) is 41.9 Å². The summed E-state index contributed by atoms with van der Waals surface area (Å²) in [5, 5.41) is 6.79. The smallest absolute Gasteiger partial charge is 0.253 e. The summed E-state index contributed by atoms with van der Waals surface area (Å²) in [4.78, 5) is 4.34. The molecule has 1 N–H and O–H groups in total. The highest BCUT2D eigenvalue weighted by atomic mass is 35.5. The van der Waals surface area contributed by atoms with Gasteiger partial charge in [-0.2, -0.15) is 18.3 Å². The number of hydrazone groups is 1. The number of hydrogen-bond acceptors (Lipinski definition) is 4. The summed E-state index contributed by atoms with van der Waals surface area (Å²) in [5.74, 6) is 0. The average Bonchev–Trinajstić information content (AvgIpc) is 3.04. The van der Waals surface area contributed by atoms with Gasteiger partial charge in [-0.15, -0.1) is 11.3 Å². The molecule has 0 aliphatic heterocycles. The number of nitrogens with one attached hydrogen (secondary N) is 1. The van der Waals surface area contributed by atoms with Crippen molar-refractivity contribution in [1.82, 2.24) is 4.98 Å². The molecule has 0 aliphatic rings. The van der Waals surface area contributed by atoms with E-state index < -0.39 is 11.7 Å². The first-order valence-corrected chi connectivity index (χ1v) is 8.36. The molecule has 8 heteroatoms. The zero-order valence-electron chi connectivity index (χ0n) is 12.6. The number of aromatic nitrogens is 1. The summed E-state index contributed by atoms with van der Waals surface area (Å²) in [6.45, 7) is 0. The van der Waals surface area contributed by atoms with Crippen LogP contribution in [0, 0.1) is 0 Å². The fraction of sp³-hybridized carbons (Fsp3) is 0.0588. The van der Waals surface area contributed by atoms with Gasteiger partial charge in [-0.3, -0.25) is 5.43 Å². The summed E-state index contributed by atoms with van der Waals surface area (Å²) in [5.41, 5.74) is 3.53. The molecule has 25 heavy (non-hydrogen) atoms. The fourth-order valence-corrected chi connectivity index (χ4v) is 2.90. The van der Waals surface area contributed by atoms with E-state index >= 15 is 0 Å². The standard InChI is InChI=1S/C17H11ClF3N3S/c18-13-7-5-11(6-8-13)15-10-25-16(23-15)24-22-9-12-3-1-2-4-14(12)17(19,20)21/h1-10H,(H,23,24)/b22-9+. The van der Waals surface area contributed by atoms with Crippen LogP contribution in [-0.2, 0) is 6.18 Å². The van der Waals surface area contributed by atoms with Crippen molar-refractivity contribution in [2.45, 2.75) is 6.18 Å². The van der Waals surface area contributed by atoms with E-state index in [0.29, 0.717) is 10.2 Å². The Balaban J connectivity index is 1.73. The molecule has 3 aromatic rings. The molecule has 1 aromatic heterocycles. The van der Waals surface area contributed by atoms with Crippen molar-refractivity contribution < 1.29 is 13.2 Å². The maximum atomic E-state index is 12.9. The number of anilines is 1. The number of thiazole rings is 1. The lowest BCUT2D eigenvalue weighted by Gasteiger charge is -2.08. The van der Waals surface area contributed by atoms with Crippen LogP contribution in [0.3, 0.4) is 0 Å². The summed E-state index contributed by atoms with van der Waals surface area (Å²) >= 11 is 7.15. The molecule has 0 radical (unpaired) electrons. The Morgan fingerprint density at radius 3 is 2.52 bits per heavy atom. The van der Waals surface area contributed by atoms with Crippen LogP contribution in [-0.4, -0.2) is 11.2 Å². The summed E-state index contributed by atoms with van der Waals surface area (Å²) in [7, 11) is 0. The van der Waals surface area contributed by atoms with Crippen molar-refractivity contribution >= 4 is 34.3 Å². The second-order valence-electron chi connectivity index (χ2n) is 5.00. The van der Waals surface area contributed by atoms with Gasteiger partial charge in [0.1, 0.15) is 0 Å². The van der Waals surface area contributed by atoms with Gasteiger partial charge in [0, 0.05) is 21.5 Å². The Labute approximate surface area is 150 Å². The van der Waals surface area contributed by atoms with Crippen LogP contribution in [0.5, 0.6) is 0 Å². The number of alkyl halides is 3. The monoisotopic (exact) mass is 381 g/mol. The zero-order valence-corrected chi connectivity index (χ0v) is 14.2. The van der Waals surface area contributed by atoms with Crippen molar-refractivity contribution in [3.8, 4) is 11.3 Å². The van der Waals surface area contributed by atoms with Crippen LogP contribution in [0.1, 0.15) is 11.1 Å². The molecule has 3 rings (SSSR count). The minimum atomic E-state index is -4.43. The van der Waals surface area contributed by atoms with Crippen LogP contribution < -0.4 is 5.43 Å². The van der Waals surface area contributed by atoms with Gasteiger partial charge >= 0.3 is 6.18 Å². The van der Waals surface area contributed by atoms with Gasteiger partial charge in [-0.25, -0.2) is 4.98 Å². The molecule has 1 heterocycles. The van der Waals surface area contributed by atoms with Gasteiger partial charge in [0.15, 0.2) is 0 Å². The first-order valence-electron chi connectivity index (χ1n) is 7.10. The van der Waals surface area contributed by atoms with Gasteiger partial charge in [-0.05, 0) is 18.2 Å². The van der Waals surface area contributed by atoms with E-state index in [0.717, 1.165) is 23.5 Å². The van der Waals surface area contributed by atoms with E-state index in [-0.39, 0.29) is 5.56 Å². The molecule has 0 amide bonds. The highest BCUT2D eigenvalue weighted by Gasteiger charge is 2.32. The van der Waals surface area contributed by atoms with Crippen LogP contribution in [0.4, 0.5) is 18.3 Å². The lowest BCUT2D eigenvalue weighted by Crippen LogP contribution is -2.08. The molecule has 0 fully saturated rings. The molecule has 3 nitrogen and oxygen atoms in total. The molecular formula is C17H11ClF3N3S. The molecule has 0 unspecified atom stereocenters. The van der Waals surface area contributed by atoms with E-state index in [4.69, 9.17) is 11.6 Å². The zero-order chi connectivity index (χ0) is 17.9. The summed E-state index contributed by atoms with van der Waals surface area (Å²) < 4.78 is 38.7. The topological polar surface area (TPSA) is 37.3 Å². The number of halogens is 4. The first-order chi connectivity index (χ1) is 11.9. The number of benzene rings is 2. The molecule has 0 saturated heterocycles. The van der Waals surface area contributed by atoms with Crippen molar-refractivity contribution in [2.24, 2.45) is 5.10 Å². The average molecular weight is 382 g/mol. The van der Waals surface area contributed by atoms with Gasteiger partial charge in [0.25, 0.3) is 0 Å². The molecule has 0 saturated carbocycles. The van der Waals surface area contributed by atoms with Crippen LogP contribution >= 0.6 is 22.9 Å². The highest BCUT2D eigenvalue weighted by molar-refractivity contribution is 7.14. The third-order valence-electron chi connectivity index (χ3n) is 3.27. The van der Waals surface area contributed by atoms with Gasteiger partial charge in [0.05, 0.1) is 17.5 Å². The van der Waals surface area contributed by atoms with Crippen molar-refractivity contribution in [3.05, 3.63) is 70.1 Å². The molecule has 0 atom stereocenters. The highest BCUT2D eigenvalue weighted by Crippen LogP contribution is 2.31. The van der Waals surface area contributed by atoms with E-state index in [1.54, 1.807) is 12.1 Å². The van der Waals surface area contributed by atoms with Crippen LogP contribution in [0.15, 0.2) is 59.0 Å². The fourth-order valence-electron chi connectivity index (χ4n) is 2.10. The lowest BCUT2D eigenvalue weighted by molar-refractivity contribution is -0.137. The quantitative estimate of drug-likeness (QED) is 0.449. The van der Waals surface area contributed by atoms with E-state index in [2.05, 4.69) is 15.5 Å². The summed E-state index contributed by atoms with van der Waals surface area (Å²) in [6, 6.07) is 12.4. The molecule has 0 spiro atoms.